The normalized spacial score (nSPS) is 11.7. The van der Waals surface area contributed by atoms with Crippen molar-refractivity contribution in [3.63, 3.8) is 0 Å². The third kappa shape index (κ3) is 5.06. The Kier molecular flexibility index (Phi) is 6.28. The zero-order valence-corrected chi connectivity index (χ0v) is 16.0. The van der Waals surface area contributed by atoms with Gasteiger partial charge in [0.05, 0.1) is 16.5 Å². The molecule has 0 aliphatic carbocycles. The lowest BCUT2D eigenvalue weighted by Gasteiger charge is -2.12. The molecule has 0 aliphatic heterocycles. The number of nitrogens with one attached hydrogen (secondary N) is 1. The first-order chi connectivity index (χ1) is 13.3. The minimum absolute atomic E-state index is 0.0483. The van der Waals surface area contributed by atoms with Crippen LogP contribution in [0.3, 0.4) is 0 Å². The summed E-state index contributed by atoms with van der Waals surface area (Å²) in [4.78, 5) is -0.149. The third-order valence-electron chi connectivity index (χ3n) is 3.89. The van der Waals surface area contributed by atoms with Crippen LogP contribution in [0.15, 0.2) is 65.8 Å². The molecule has 0 fully saturated rings. The van der Waals surface area contributed by atoms with Crippen molar-refractivity contribution >= 4 is 21.6 Å². The average molecular weight is 428 g/mol. The van der Waals surface area contributed by atoms with E-state index in [1.807, 2.05) is 30.5 Å². The van der Waals surface area contributed by atoms with Gasteiger partial charge < -0.3 is 4.74 Å². The van der Waals surface area contributed by atoms with E-state index in [4.69, 9.17) is 11.6 Å². The van der Waals surface area contributed by atoms with Gasteiger partial charge >= 0.3 is 6.61 Å². The van der Waals surface area contributed by atoms with Gasteiger partial charge in [-0.15, -0.1) is 0 Å². The first kappa shape index (κ1) is 20.2. The van der Waals surface area contributed by atoms with E-state index in [9.17, 15) is 17.2 Å². The first-order valence-electron chi connectivity index (χ1n) is 8.13. The van der Waals surface area contributed by atoms with Crippen LogP contribution >= 0.6 is 11.6 Å². The molecule has 0 spiro atoms. The molecule has 0 bridgehead atoms. The standard InChI is InChI=1S/C18H16ClF2N3O3S/c19-16-10-15(6-7-17(16)27-18(20)21)28(25,26)23-11-13-4-1-2-5-14(13)12-24-9-3-8-22-24/h1-10,18,23H,11-12H2. The Labute approximate surface area is 165 Å². The number of benzene rings is 2. The zero-order chi connectivity index (χ0) is 20.1. The van der Waals surface area contributed by atoms with Gasteiger partial charge in [-0.3, -0.25) is 4.68 Å². The lowest BCUT2D eigenvalue weighted by molar-refractivity contribution is -0.0498. The van der Waals surface area contributed by atoms with Crippen molar-refractivity contribution in [2.45, 2.75) is 24.6 Å². The van der Waals surface area contributed by atoms with Crippen molar-refractivity contribution in [3.8, 4) is 5.75 Å². The third-order valence-corrected chi connectivity index (χ3v) is 5.59. The van der Waals surface area contributed by atoms with E-state index in [2.05, 4.69) is 14.6 Å². The maximum atomic E-state index is 12.5. The molecule has 0 amide bonds. The van der Waals surface area contributed by atoms with Crippen LogP contribution in [0.4, 0.5) is 8.78 Å². The van der Waals surface area contributed by atoms with Crippen LogP contribution in [-0.2, 0) is 23.1 Å². The number of aromatic nitrogens is 2. The summed E-state index contributed by atoms with van der Waals surface area (Å²) >= 11 is 5.84. The minimum atomic E-state index is -3.90. The molecule has 6 nitrogen and oxygen atoms in total. The molecule has 0 aliphatic rings. The van der Waals surface area contributed by atoms with Crippen LogP contribution in [0.5, 0.6) is 5.75 Å². The smallest absolute Gasteiger partial charge is 0.387 e. The Hall–Kier alpha value is -2.49. The predicted molar refractivity (Wildman–Crippen MR) is 99.9 cm³/mol. The molecule has 10 heteroatoms. The summed E-state index contributed by atoms with van der Waals surface area (Å²) in [5, 5.41) is 3.93. The molecule has 0 unspecified atom stereocenters. The van der Waals surface area contributed by atoms with Crippen molar-refractivity contribution in [1.29, 1.82) is 0 Å². The lowest BCUT2D eigenvalue weighted by atomic mass is 10.1. The Morgan fingerprint density at radius 2 is 1.89 bits per heavy atom. The molecular weight excluding hydrogens is 412 g/mol. The highest BCUT2D eigenvalue weighted by Crippen LogP contribution is 2.28. The maximum absolute atomic E-state index is 12.5. The number of rotatable bonds is 8. The Morgan fingerprint density at radius 1 is 1.14 bits per heavy atom. The number of ether oxygens (including phenoxy) is 1. The second-order valence-electron chi connectivity index (χ2n) is 5.77. The highest BCUT2D eigenvalue weighted by atomic mass is 35.5. The van der Waals surface area contributed by atoms with Crippen LogP contribution in [0.1, 0.15) is 11.1 Å². The van der Waals surface area contributed by atoms with Gasteiger partial charge in [0.15, 0.2) is 0 Å². The summed E-state index contributed by atoms with van der Waals surface area (Å²) in [5.41, 5.74) is 1.69. The van der Waals surface area contributed by atoms with Gasteiger partial charge in [0.2, 0.25) is 10.0 Å². The monoisotopic (exact) mass is 427 g/mol. The van der Waals surface area contributed by atoms with Crippen LogP contribution in [0, 0.1) is 0 Å². The molecule has 3 aromatic rings. The van der Waals surface area contributed by atoms with E-state index in [0.717, 1.165) is 29.3 Å². The number of alkyl halides is 2. The number of hydrogen-bond acceptors (Lipinski definition) is 4. The molecule has 3 rings (SSSR count). The van der Waals surface area contributed by atoms with E-state index >= 15 is 0 Å². The zero-order valence-electron chi connectivity index (χ0n) is 14.4. The topological polar surface area (TPSA) is 73.2 Å². The number of sulfonamides is 1. The van der Waals surface area contributed by atoms with Crippen LogP contribution in [-0.4, -0.2) is 24.8 Å². The van der Waals surface area contributed by atoms with Crippen molar-refractivity contribution in [2.24, 2.45) is 0 Å². The van der Waals surface area contributed by atoms with Gasteiger partial charge in [-0.25, -0.2) is 13.1 Å². The maximum Gasteiger partial charge on any atom is 0.387 e. The second-order valence-corrected chi connectivity index (χ2v) is 7.94. The molecule has 1 heterocycles. The fourth-order valence-corrected chi connectivity index (χ4v) is 3.87. The largest absolute Gasteiger partial charge is 0.433 e. The van der Waals surface area contributed by atoms with E-state index in [-0.39, 0.29) is 22.2 Å². The van der Waals surface area contributed by atoms with Crippen molar-refractivity contribution < 1.29 is 21.9 Å². The fraction of sp³-hybridized carbons (Fsp3) is 0.167. The molecular formula is C18H16ClF2N3O3S. The predicted octanol–water partition coefficient (Wildman–Crippen LogP) is 3.66. The summed E-state index contributed by atoms with van der Waals surface area (Å²) in [6, 6.07) is 12.5. The summed E-state index contributed by atoms with van der Waals surface area (Å²) < 4.78 is 58.1. The molecule has 2 aromatic carbocycles. The molecule has 28 heavy (non-hydrogen) atoms. The van der Waals surface area contributed by atoms with E-state index in [1.165, 1.54) is 0 Å². The van der Waals surface area contributed by atoms with Crippen LogP contribution < -0.4 is 9.46 Å². The summed E-state index contributed by atoms with van der Waals surface area (Å²) in [5.74, 6) is -0.291. The minimum Gasteiger partial charge on any atom is -0.433 e. The van der Waals surface area contributed by atoms with E-state index in [1.54, 1.807) is 16.9 Å². The Balaban J connectivity index is 1.74. The molecule has 0 saturated carbocycles. The number of hydrogen-bond donors (Lipinski definition) is 1. The van der Waals surface area contributed by atoms with Crippen molar-refractivity contribution in [1.82, 2.24) is 14.5 Å². The molecule has 1 N–H and O–H groups in total. The van der Waals surface area contributed by atoms with E-state index < -0.39 is 16.6 Å². The van der Waals surface area contributed by atoms with E-state index in [0.29, 0.717) is 6.54 Å². The number of halogens is 3. The molecule has 0 radical (unpaired) electrons. The highest BCUT2D eigenvalue weighted by molar-refractivity contribution is 7.89. The van der Waals surface area contributed by atoms with Gasteiger partial charge in [0.1, 0.15) is 5.75 Å². The van der Waals surface area contributed by atoms with Gasteiger partial charge in [-0.05, 0) is 35.4 Å². The average Bonchev–Trinajstić information content (AvgIpc) is 3.15. The fourth-order valence-electron chi connectivity index (χ4n) is 2.55. The SMILES string of the molecule is O=S(=O)(NCc1ccccc1Cn1cccn1)c1ccc(OC(F)F)c(Cl)c1. The Bertz CT molecular complexity index is 1040. The van der Waals surface area contributed by atoms with Gasteiger partial charge in [-0.1, -0.05) is 35.9 Å². The number of nitrogens with zero attached hydrogens (tertiary/aromatic N) is 2. The first-order valence-corrected chi connectivity index (χ1v) is 9.99. The van der Waals surface area contributed by atoms with Gasteiger partial charge in [0.25, 0.3) is 0 Å². The molecule has 0 atom stereocenters. The van der Waals surface area contributed by atoms with Gasteiger partial charge in [0, 0.05) is 18.9 Å². The van der Waals surface area contributed by atoms with Crippen molar-refractivity contribution in [2.75, 3.05) is 0 Å². The Morgan fingerprint density at radius 3 is 2.54 bits per heavy atom. The molecule has 1 aromatic heterocycles. The second kappa shape index (κ2) is 8.68. The summed E-state index contributed by atoms with van der Waals surface area (Å²) in [7, 11) is -3.90. The van der Waals surface area contributed by atoms with Crippen molar-refractivity contribution in [3.05, 3.63) is 77.1 Å². The highest BCUT2D eigenvalue weighted by Gasteiger charge is 2.18. The summed E-state index contributed by atoms with van der Waals surface area (Å²) in [6.07, 6.45) is 3.47. The van der Waals surface area contributed by atoms with Gasteiger partial charge in [-0.2, -0.15) is 13.9 Å². The van der Waals surface area contributed by atoms with Crippen LogP contribution in [0.2, 0.25) is 5.02 Å². The molecule has 148 valence electrons. The van der Waals surface area contributed by atoms with Crippen LogP contribution in [0.25, 0.3) is 0 Å². The lowest BCUT2D eigenvalue weighted by Crippen LogP contribution is -2.24. The molecule has 0 saturated heterocycles. The summed E-state index contributed by atoms with van der Waals surface area (Å²) in [6.45, 7) is -2.51. The quantitative estimate of drug-likeness (QED) is 0.595.